The Hall–Kier alpha value is -7.53. The lowest BCUT2D eigenvalue weighted by Gasteiger charge is -2.26. The van der Waals surface area contributed by atoms with Crippen LogP contribution in [0.3, 0.4) is 0 Å². The molecular weight excluding hydrogens is 725 g/mol. The van der Waals surface area contributed by atoms with E-state index in [-0.39, 0.29) is 28.1 Å². The van der Waals surface area contributed by atoms with E-state index < -0.39 is 35.0 Å². The first-order valence-corrected chi connectivity index (χ1v) is 18.0. The topological polar surface area (TPSA) is 129 Å². The number of ether oxygens (including phenoxy) is 4. The molecule has 2 heterocycles. The third kappa shape index (κ3) is 6.76. The van der Waals surface area contributed by atoms with Crippen LogP contribution in [0.1, 0.15) is 73.3 Å². The van der Waals surface area contributed by atoms with Crippen LogP contribution in [-0.4, -0.2) is 36.7 Å². The maximum Gasteiger partial charge on any atom is 0.308 e. The quantitative estimate of drug-likeness (QED) is 0.0763. The van der Waals surface area contributed by atoms with Crippen molar-refractivity contribution in [3.63, 3.8) is 0 Å². The standard InChI is InChI=1S/C46H34N2O9/c1-27(49)55-35-10-6-8-31(24-35)48-43(51)39-22-20-37(26-41(39)45(48)53)57-33-17-13-29(14-18-33)46(2,3)28-11-15-32(16-12-28)56-36-19-21-38-40(25-36)44(52)47(42(38)50)30-7-5-9-34(23-30)54-4/h5-26H,1-4H3. The highest BCUT2D eigenvalue weighted by atomic mass is 16.5. The number of rotatable bonds is 10. The molecule has 0 aromatic heterocycles. The molecule has 0 saturated heterocycles. The summed E-state index contributed by atoms with van der Waals surface area (Å²) in [4.78, 5) is 66.7. The van der Waals surface area contributed by atoms with Gasteiger partial charge in [-0.3, -0.25) is 24.0 Å². The van der Waals surface area contributed by atoms with Crippen molar-refractivity contribution < 1.29 is 42.9 Å². The number of methoxy groups -OCH3 is 1. The average molecular weight is 759 g/mol. The first-order chi connectivity index (χ1) is 27.4. The van der Waals surface area contributed by atoms with Gasteiger partial charge in [0.1, 0.15) is 34.5 Å². The first kappa shape index (κ1) is 36.4. The molecule has 0 spiro atoms. The molecule has 0 N–H and O–H groups in total. The highest BCUT2D eigenvalue weighted by Crippen LogP contribution is 2.38. The summed E-state index contributed by atoms with van der Waals surface area (Å²) in [6.45, 7) is 5.48. The monoisotopic (exact) mass is 758 g/mol. The van der Waals surface area contributed by atoms with Crippen molar-refractivity contribution in [3.05, 3.63) is 167 Å². The first-order valence-electron chi connectivity index (χ1n) is 18.0. The van der Waals surface area contributed by atoms with Crippen molar-refractivity contribution >= 4 is 41.0 Å². The van der Waals surface area contributed by atoms with Gasteiger partial charge in [0.2, 0.25) is 0 Å². The number of nitrogens with zero attached hydrogens (tertiary/aromatic N) is 2. The lowest BCUT2D eigenvalue weighted by Crippen LogP contribution is -2.29. The van der Waals surface area contributed by atoms with Gasteiger partial charge in [0.25, 0.3) is 23.6 Å². The number of carbonyl (C=O) groups excluding carboxylic acids is 5. The largest absolute Gasteiger partial charge is 0.497 e. The highest BCUT2D eigenvalue weighted by molar-refractivity contribution is 6.35. The van der Waals surface area contributed by atoms with Gasteiger partial charge in [-0.25, -0.2) is 9.80 Å². The van der Waals surface area contributed by atoms with Crippen molar-refractivity contribution in [1.29, 1.82) is 0 Å². The molecule has 57 heavy (non-hydrogen) atoms. The predicted molar refractivity (Wildman–Crippen MR) is 211 cm³/mol. The fourth-order valence-corrected chi connectivity index (χ4v) is 6.96. The number of hydrogen-bond acceptors (Lipinski definition) is 9. The second-order valence-electron chi connectivity index (χ2n) is 14.0. The van der Waals surface area contributed by atoms with E-state index in [0.29, 0.717) is 40.0 Å². The minimum absolute atomic E-state index is 0.205. The third-order valence-corrected chi connectivity index (χ3v) is 9.99. The van der Waals surface area contributed by atoms with E-state index in [9.17, 15) is 24.0 Å². The van der Waals surface area contributed by atoms with Crippen LogP contribution in [0.15, 0.2) is 133 Å². The summed E-state index contributed by atoms with van der Waals surface area (Å²) in [6.07, 6.45) is 0. The maximum atomic E-state index is 13.4. The normalized spacial score (nSPS) is 13.4. The van der Waals surface area contributed by atoms with Crippen LogP contribution in [0, 0.1) is 0 Å². The van der Waals surface area contributed by atoms with Crippen LogP contribution in [0.4, 0.5) is 11.4 Å². The minimum atomic E-state index is -0.513. The van der Waals surface area contributed by atoms with E-state index >= 15 is 0 Å². The Bertz CT molecular complexity index is 2630. The van der Waals surface area contributed by atoms with Crippen LogP contribution in [-0.2, 0) is 10.2 Å². The average Bonchev–Trinajstić information content (AvgIpc) is 3.60. The Labute approximate surface area is 327 Å². The zero-order chi connectivity index (χ0) is 40.0. The molecule has 2 aliphatic rings. The van der Waals surface area contributed by atoms with Crippen LogP contribution < -0.4 is 28.7 Å². The summed E-state index contributed by atoms with van der Waals surface area (Å²) in [5, 5.41) is 0. The molecule has 8 rings (SSSR count). The molecule has 0 bridgehead atoms. The smallest absolute Gasteiger partial charge is 0.308 e. The second kappa shape index (κ2) is 14.3. The molecule has 0 saturated carbocycles. The Balaban J connectivity index is 0.928. The summed E-state index contributed by atoms with van der Waals surface area (Å²) < 4.78 is 22.6. The van der Waals surface area contributed by atoms with Crippen LogP contribution in [0.25, 0.3) is 0 Å². The fraction of sp³-hybridized carbons (Fsp3) is 0.109. The van der Waals surface area contributed by atoms with Crippen molar-refractivity contribution in [2.24, 2.45) is 0 Å². The highest BCUT2D eigenvalue weighted by Gasteiger charge is 2.38. The summed E-state index contributed by atoms with van der Waals surface area (Å²) in [7, 11) is 1.52. The Kier molecular flexibility index (Phi) is 9.13. The molecule has 0 radical (unpaired) electrons. The number of fused-ring (bicyclic) bond motifs is 2. The van der Waals surface area contributed by atoms with Gasteiger partial charge in [-0.05, 0) is 96.1 Å². The van der Waals surface area contributed by atoms with Crippen molar-refractivity contribution in [1.82, 2.24) is 0 Å². The van der Waals surface area contributed by atoms with E-state index in [0.717, 1.165) is 20.9 Å². The van der Waals surface area contributed by atoms with Gasteiger partial charge in [-0.1, -0.05) is 50.2 Å². The Morgan fingerprint density at radius 3 is 1.32 bits per heavy atom. The molecule has 0 atom stereocenters. The molecule has 0 unspecified atom stereocenters. The number of imide groups is 2. The Morgan fingerprint density at radius 1 is 0.474 bits per heavy atom. The number of amides is 4. The van der Waals surface area contributed by atoms with Gasteiger partial charge in [0.05, 0.1) is 40.7 Å². The summed E-state index contributed by atoms with van der Waals surface area (Å²) >= 11 is 0. The maximum absolute atomic E-state index is 13.4. The number of esters is 1. The molecular formula is C46H34N2O9. The molecule has 11 heteroatoms. The number of hydrogen-bond donors (Lipinski definition) is 0. The summed E-state index contributed by atoms with van der Waals surface area (Å²) in [5.74, 6) is 0.331. The van der Waals surface area contributed by atoms with E-state index in [2.05, 4.69) is 13.8 Å². The van der Waals surface area contributed by atoms with E-state index in [4.69, 9.17) is 18.9 Å². The lowest BCUT2D eigenvalue weighted by atomic mass is 9.78. The van der Waals surface area contributed by atoms with Crippen molar-refractivity contribution in [3.8, 4) is 34.5 Å². The zero-order valence-electron chi connectivity index (χ0n) is 31.3. The van der Waals surface area contributed by atoms with Crippen LogP contribution in [0.2, 0.25) is 0 Å². The fourth-order valence-electron chi connectivity index (χ4n) is 6.96. The summed E-state index contributed by atoms with van der Waals surface area (Å²) in [5.41, 5.74) is 3.37. The number of benzene rings is 6. The molecule has 0 aliphatic carbocycles. The van der Waals surface area contributed by atoms with Gasteiger partial charge in [-0.15, -0.1) is 0 Å². The van der Waals surface area contributed by atoms with Gasteiger partial charge < -0.3 is 18.9 Å². The van der Waals surface area contributed by atoms with Crippen molar-refractivity contribution in [2.45, 2.75) is 26.2 Å². The molecule has 2 aliphatic heterocycles. The van der Waals surface area contributed by atoms with Gasteiger partial charge in [0, 0.05) is 24.5 Å². The number of anilines is 2. The molecule has 4 amide bonds. The van der Waals surface area contributed by atoms with Crippen molar-refractivity contribution in [2.75, 3.05) is 16.9 Å². The van der Waals surface area contributed by atoms with E-state index in [1.54, 1.807) is 78.9 Å². The summed E-state index contributed by atoms with van der Waals surface area (Å²) in [6, 6.07) is 37.9. The van der Waals surface area contributed by atoms with E-state index in [1.807, 2.05) is 48.5 Å². The van der Waals surface area contributed by atoms with Crippen LogP contribution in [0.5, 0.6) is 34.5 Å². The van der Waals surface area contributed by atoms with Gasteiger partial charge >= 0.3 is 5.97 Å². The second-order valence-corrected chi connectivity index (χ2v) is 14.0. The zero-order valence-corrected chi connectivity index (χ0v) is 31.3. The minimum Gasteiger partial charge on any atom is -0.497 e. The molecule has 282 valence electrons. The molecule has 11 nitrogen and oxygen atoms in total. The Morgan fingerprint density at radius 2 is 0.877 bits per heavy atom. The molecule has 0 fully saturated rings. The van der Waals surface area contributed by atoms with Crippen LogP contribution >= 0.6 is 0 Å². The molecule has 6 aromatic carbocycles. The lowest BCUT2D eigenvalue weighted by molar-refractivity contribution is -0.131. The van der Waals surface area contributed by atoms with Gasteiger partial charge in [0.15, 0.2) is 0 Å². The third-order valence-electron chi connectivity index (χ3n) is 9.99. The van der Waals surface area contributed by atoms with E-state index in [1.165, 1.54) is 20.1 Å². The molecule has 6 aromatic rings. The predicted octanol–water partition coefficient (Wildman–Crippen LogP) is 9.13. The SMILES string of the molecule is COc1cccc(N2C(=O)c3ccc(Oc4ccc(C(C)(C)c5ccc(Oc6ccc7c(c6)C(=O)N(c6cccc(OC(C)=O)c6)C7=O)cc5)cc4)cc3C2=O)c1. The number of carbonyl (C=O) groups is 5. The van der Waals surface area contributed by atoms with Gasteiger partial charge in [-0.2, -0.15) is 0 Å².